The molecule has 3 nitrogen and oxygen atoms in total. The Morgan fingerprint density at radius 3 is 2.61 bits per heavy atom. The molecule has 0 unspecified atom stereocenters. The van der Waals surface area contributed by atoms with Crippen LogP contribution < -0.4 is 0 Å². The lowest BCUT2D eigenvalue weighted by Gasteiger charge is -2.06. The van der Waals surface area contributed by atoms with Gasteiger partial charge >= 0.3 is 0 Å². The Labute approximate surface area is 111 Å². The van der Waals surface area contributed by atoms with Crippen molar-refractivity contribution < 1.29 is 4.79 Å². The van der Waals surface area contributed by atoms with Crippen molar-refractivity contribution >= 4 is 17.3 Å². The molecular formula is C14H16N2OS. The maximum absolute atomic E-state index is 12.5. The minimum absolute atomic E-state index is 0.0335. The van der Waals surface area contributed by atoms with E-state index in [1.54, 1.807) is 0 Å². The predicted molar refractivity (Wildman–Crippen MR) is 73.3 cm³/mol. The minimum Gasteiger partial charge on any atom is -0.288 e. The number of aromatic nitrogens is 2. The zero-order valence-electron chi connectivity index (χ0n) is 11.0. The Morgan fingerprint density at radius 1 is 1.28 bits per heavy atom. The lowest BCUT2D eigenvalue weighted by Crippen LogP contribution is -2.06. The second-order valence-corrected chi connectivity index (χ2v) is 5.54. The molecule has 0 amide bonds. The molecule has 1 heterocycles. The van der Waals surface area contributed by atoms with Crippen molar-refractivity contribution in [3.8, 4) is 0 Å². The van der Waals surface area contributed by atoms with Crippen LogP contribution in [0.2, 0.25) is 0 Å². The van der Waals surface area contributed by atoms with Crippen LogP contribution in [0.1, 0.15) is 51.8 Å². The topological polar surface area (TPSA) is 42.9 Å². The quantitative estimate of drug-likeness (QED) is 0.793. The molecular weight excluding hydrogens is 244 g/mol. The smallest absolute Gasteiger partial charge is 0.206 e. The van der Waals surface area contributed by atoms with Gasteiger partial charge in [0, 0.05) is 5.56 Å². The molecule has 0 N–H and O–H groups in total. The summed E-state index contributed by atoms with van der Waals surface area (Å²) < 4.78 is 3.91. The van der Waals surface area contributed by atoms with Crippen molar-refractivity contribution in [1.82, 2.24) is 9.59 Å². The summed E-state index contributed by atoms with van der Waals surface area (Å²) in [5, 5.41) is 4.06. The molecule has 0 bridgehead atoms. The summed E-state index contributed by atoms with van der Waals surface area (Å²) in [5.74, 6) is 0.250. The lowest BCUT2D eigenvalue weighted by molar-refractivity contribution is 0.104. The molecule has 4 heteroatoms. The average Bonchev–Trinajstić information content (AvgIpc) is 2.77. The van der Waals surface area contributed by atoms with Crippen molar-refractivity contribution in [2.24, 2.45) is 0 Å². The fourth-order valence-corrected chi connectivity index (χ4v) is 2.70. The predicted octanol–water partition coefficient (Wildman–Crippen LogP) is 3.51. The zero-order valence-corrected chi connectivity index (χ0v) is 11.8. The van der Waals surface area contributed by atoms with Crippen LogP contribution in [0.25, 0.3) is 0 Å². The minimum atomic E-state index is 0.0335. The number of hydrogen-bond donors (Lipinski definition) is 0. The normalized spacial score (nSPS) is 10.9. The maximum Gasteiger partial charge on any atom is 0.206 e. The van der Waals surface area contributed by atoms with Crippen molar-refractivity contribution in [1.29, 1.82) is 0 Å². The number of nitrogens with zero attached hydrogens (tertiary/aromatic N) is 2. The average molecular weight is 260 g/mol. The van der Waals surface area contributed by atoms with E-state index in [1.807, 2.05) is 45.9 Å². The Morgan fingerprint density at radius 2 is 2.00 bits per heavy atom. The van der Waals surface area contributed by atoms with E-state index in [0.29, 0.717) is 4.88 Å². The van der Waals surface area contributed by atoms with Crippen LogP contribution in [-0.4, -0.2) is 15.4 Å². The summed E-state index contributed by atoms with van der Waals surface area (Å²) in [7, 11) is 0. The third kappa shape index (κ3) is 2.34. The number of rotatable bonds is 3. The summed E-state index contributed by atoms with van der Waals surface area (Å²) >= 11 is 1.18. The first-order chi connectivity index (χ1) is 8.50. The van der Waals surface area contributed by atoms with Gasteiger partial charge in [0.1, 0.15) is 4.88 Å². The molecule has 1 aromatic carbocycles. The van der Waals surface area contributed by atoms with Gasteiger partial charge in [-0.3, -0.25) is 4.79 Å². The van der Waals surface area contributed by atoms with E-state index < -0.39 is 0 Å². The fourth-order valence-electron chi connectivity index (χ4n) is 1.92. The second kappa shape index (κ2) is 4.98. The van der Waals surface area contributed by atoms with Gasteiger partial charge in [0.15, 0.2) is 0 Å². The van der Waals surface area contributed by atoms with Crippen LogP contribution >= 0.6 is 11.5 Å². The summed E-state index contributed by atoms with van der Waals surface area (Å²) in [5.41, 5.74) is 3.71. The highest BCUT2D eigenvalue weighted by atomic mass is 32.1. The molecule has 1 aromatic heterocycles. The van der Waals surface area contributed by atoms with Gasteiger partial charge in [-0.1, -0.05) is 42.1 Å². The Kier molecular flexibility index (Phi) is 3.57. The molecule has 0 saturated heterocycles. The van der Waals surface area contributed by atoms with Gasteiger partial charge in [-0.2, -0.15) is 0 Å². The molecule has 94 valence electrons. The molecule has 0 atom stereocenters. The van der Waals surface area contributed by atoms with Crippen molar-refractivity contribution in [2.75, 3.05) is 0 Å². The SMILES string of the molecule is Cc1ccc(C(=O)c2snnc2C(C)C)c(C)c1. The molecule has 2 rings (SSSR count). The van der Waals surface area contributed by atoms with Crippen molar-refractivity contribution in [2.45, 2.75) is 33.6 Å². The summed E-state index contributed by atoms with van der Waals surface area (Å²) in [6.45, 7) is 8.03. The second-order valence-electron chi connectivity index (χ2n) is 4.79. The lowest BCUT2D eigenvalue weighted by atomic mass is 9.99. The molecule has 18 heavy (non-hydrogen) atoms. The van der Waals surface area contributed by atoms with E-state index in [-0.39, 0.29) is 11.7 Å². The van der Waals surface area contributed by atoms with Gasteiger partial charge in [-0.25, -0.2) is 0 Å². The number of hydrogen-bond acceptors (Lipinski definition) is 4. The first-order valence-corrected chi connectivity index (χ1v) is 6.72. The monoisotopic (exact) mass is 260 g/mol. The third-order valence-electron chi connectivity index (χ3n) is 2.89. The van der Waals surface area contributed by atoms with Gasteiger partial charge < -0.3 is 0 Å². The zero-order chi connectivity index (χ0) is 13.3. The summed E-state index contributed by atoms with van der Waals surface area (Å²) in [6, 6.07) is 5.87. The van der Waals surface area contributed by atoms with E-state index in [0.717, 1.165) is 22.4 Å². The van der Waals surface area contributed by atoms with E-state index in [2.05, 4.69) is 9.59 Å². The molecule has 0 saturated carbocycles. The van der Waals surface area contributed by atoms with Crippen molar-refractivity contribution in [3.63, 3.8) is 0 Å². The van der Waals surface area contributed by atoms with Crippen LogP contribution in [0.3, 0.4) is 0 Å². The fraction of sp³-hybridized carbons (Fsp3) is 0.357. The molecule has 0 aliphatic heterocycles. The number of benzene rings is 1. The van der Waals surface area contributed by atoms with Gasteiger partial charge in [0.25, 0.3) is 0 Å². The molecule has 0 aliphatic carbocycles. The number of carbonyl (C=O) groups is 1. The standard InChI is InChI=1S/C14H16N2OS/c1-8(2)12-14(18-16-15-12)13(17)11-6-5-9(3)7-10(11)4/h5-8H,1-4H3. The van der Waals surface area contributed by atoms with Gasteiger partial charge in [-0.15, -0.1) is 5.10 Å². The first-order valence-electron chi connectivity index (χ1n) is 5.95. The molecule has 0 radical (unpaired) electrons. The van der Waals surface area contributed by atoms with E-state index in [9.17, 15) is 4.79 Å². The maximum atomic E-state index is 12.5. The number of aryl methyl sites for hydroxylation is 2. The molecule has 2 aromatic rings. The van der Waals surface area contributed by atoms with Crippen LogP contribution in [0, 0.1) is 13.8 Å². The van der Waals surface area contributed by atoms with Crippen LogP contribution in [0.4, 0.5) is 0 Å². The highest BCUT2D eigenvalue weighted by Gasteiger charge is 2.21. The van der Waals surface area contributed by atoms with Crippen LogP contribution in [0.5, 0.6) is 0 Å². The van der Waals surface area contributed by atoms with Crippen LogP contribution in [0.15, 0.2) is 18.2 Å². The van der Waals surface area contributed by atoms with Crippen LogP contribution in [-0.2, 0) is 0 Å². The number of ketones is 1. The highest BCUT2D eigenvalue weighted by molar-refractivity contribution is 7.08. The molecule has 0 aliphatic rings. The summed E-state index contributed by atoms with van der Waals surface area (Å²) in [4.78, 5) is 13.2. The van der Waals surface area contributed by atoms with E-state index >= 15 is 0 Å². The van der Waals surface area contributed by atoms with Gasteiger partial charge in [0.2, 0.25) is 5.78 Å². The summed E-state index contributed by atoms with van der Waals surface area (Å²) in [6.07, 6.45) is 0. The first kappa shape index (κ1) is 12.9. The highest BCUT2D eigenvalue weighted by Crippen LogP contribution is 2.24. The van der Waals surface area contributed by atoms with E-state index in [4.69, 9.17) is 0 Å². The van der Waals surface area contributed by atoms with Crippen molar-refractivity contribution in [3.05, 3.63) is 45.5 Å². The Bertz CT molecular complexity index is 587. The number of carbonyl (C=O) groups excluding carboxylic acids is 1. The Balaban J connectivity index is 2.45. The van der Waals surface area contributed by atoms with Gasteiger partial charge in [-0.05, 0) is 36.9 Å². The largest absolute Gasteiger partial charge is 0.288 e. The Hall–Kier alpha value is -1.55. The van der Waals surface area contributed by atoms with E-state index in [1.165, 1.54) is 11.5 Å². The van der Waals surface area contributed by atoms with Gasteiger partial charge in [0.05, 0.1) is 5.69 Å². The molecule has 0 spiro atoms. The molecule has 0 fully saturated rings. The third-order valence-corrected chi connectivity index (χ3v) is 3.63.